The molecule has 1 aromatic rings. The van der Waals surface area contributed by atoms with Crippen molar-refractivity contribution in [1.29, 1.82) is 0 Å². The van der Waals surface area contributed by atoms with Crippen LogP contribution in [0.4, 0.5) is 0 Å². The Kier molecular flexibility index (Phi) is 5.39. The largest absolute Gasteiger partial charge is 0.468 e. The number of methoxy groups -OCH3 is 2. The maximum absolute atomic E-state index is 5.46. The van der Waals surface area contributed by atoms with E-state index < -0.39 is 0 Å². The first-order valence-corrected chi connectivity index (χ1v) is 6.77. The Bertz CT molecular complexity index is 344. The van der Waals surface area contributed by atoms with Crippen LogP contribution in [0.3, 0.4) is 0 Å². The van der Waals surface area contributed by atoms with Crippen LogP contribution >= 0.6 is 0 Å². The van der Waals surface area contributed by atoms with E-state index >= 15 is 0 Å². The van der Waals surface area contributed by atoms with Gasteiger partial charge in [0.05, 0.1) is 25.0 Å². The summed E-state index contributed by atoms with van der Waals surface area (Å²) in [7, 11) is 3.50. The average molecular weight is 268 g/mol. The summed E-state index contributed by atoms with van der Waals surface area (Å²) in [6.45, 7) is 5.78. The van der Waals surface area contributed by atoms with Crippen molar-refractivity contribution >= 4 is 0 Å². The lowest BCUT2D eigenvalue weighted by Crippen LogP contribution is -2.39. The molecule has 1 N–H and O–H groups in total. The molecule has 0 spiro atoms. The molecule has 0 aromatic carbocycles. The Balaban J connectivity index is 1.73. The molecular weight excluding hydrogens is 244 g/mol. The fourth-order valence-corrected chi connectivity index (χ4v) is 2.53. The molecule has 0 amide bonds. The third-order valence-corrected chi connectivity index (χ3v) is 3.79. The standard InChI is InChI=1S/C14H24N2O3/c1-11(7-15-8-12-5-4-6-19-12)16-9-13(17-2)14(10-16)18-3/h4-6,11,13-15H,7-10H2,1-3H3. The van der Waals surface area contributed by atoms with Gasteiger partial charge in [0.15, 0.2) is 0 Å². The molecule has 1 aromatic heterocycles. The van der Waals surface area contributed by atoms with Crippen LogP contribution in [0.2, 0.25) is 0 Å². The van der Waals surface area contributed by atoms with E-state index in [0.717, 1.165) is 31.9 Å². The highest BCUT2D eigenvalue weighted by molar-refractivity contribution is 4.97. The molecule has 2 heterocycles. The Morgan fingerprint density at radius 1 is 1.37 bits per heavy atom. The lowest BCUT2D eigenvalue weighted by atomic mass is 10.3. The van der Waals surface area contributed by atoms with Gasteiger partial charge in [-0.25, -0.2) is 0 Å². The Morgan fingerprint density at radius 2 is 2.05 bits per heavy atom. The van der Waals surface area contributed by atoms with Crippen LogP contribution in [0, 0.1) is 0 Å². The topological polar surface area (TPSA) is 46.9 Å². The summed E-state index contributed by atoms with van der Waals surface area (Å²) in [5.74, 6) is 0.971. The second-order valence-corrected chi connectivity index (χ2v) is 5.06. The van der Waals surface area contributed by atoms with Gasteiger partial charge in [0.2, 0.25) is 0 Å². The van der Waals surface area contributed by atoms with Crippen LogP contribution in [0.5, 0.6) is 0 Å². The lowest BCUT2D eigenvalue weighted by Gasteiger charge is -2.24. The SMILES string of the molecule is COC1CN(C(C)CNCc2ccco2)CC1OC. The summed E-state index contributed by atoms with van der Waals surface area (Å²) in [6.07, 6.45) is 2.06. The van der Waals surface area contributed by atoms with Crippen LogP contribution in [0.1, 0.15) is 12.7 Å². The molecule has 0 bridgehead atoms. The Morgan fingerprint density at radius 3 is 2.58 bits per heavy atom. The molecule has 3 unspecified atom stereocenters. The summed E-state index contributed by atoms with van der Waals surface area (Å²) in [5, 5.41) is 3.41. The van der Waals surface area contributed by atoms with Crippen LogP contribution in [-0.2, 0) is 16.0 Å². The molecule has 1 aliphatic heterocycles. The minimum absolute atomic E-state index is 0.178. The number of furan rings is 1. The smallest absolute Gasteiger partial charge is 0.117 e. The molecule has 1 aliphatic rings. The van der Waals surface area contributed by atoms with Crippen LogP contribution in [-0.4, -0.2) is 57.0 Å². The molecule has 5 nitrogen and oxygen atoms in total. The van der Waals surface area contributed by atoms with E-state index in [4.69, 9.17) is 13.9 Å². The first-order valence-electron chi connectivity index (χ1n) is 6.77. The average Bonchev–Trinajstić information content (AvgIpc) is 3.07. The molecule has 108 valence electrons. The van der Waals surface area contributed by atoms with E-state index in [1.165, 1.54) is 0 Å². The van der Waals surface area contributed by atoms with Crippen molar-refractivity contribution in [3.05, 3.63) is 24.2 Å². The van der Waals surface area contributed by atoms with Gasteiger partial charge in [-0.2, -0.15) is 0 Å². The van der Waals surface area contributed by atoms with E-state index in [2.05, 4.69) is 17.1 Å². The van der Waals surface area contributed by atoms with E-state index in [1.54, 1.807) is 20.5 Å². The maximum atomic E-state index is 5.46. The predicted molar refractivity (Wildman–Crippen MR) is 73.0 cm³/mol. The molecule has 1 saturated heterocycles. The van der Waals surface area contributed by atoms with Crippen molar-refractivity contribution in [3.8, 4) is 0 Å². The molecule has 2 rings (SSSR count). The third kappa shape index (κ3) is 3.79. The van der Waals surface area contributed by atoms with Crippen molar-refractivity contribution in [2.45, 2.75) is 31.7 Å². The number of hydrogen-bond acceptors (Lipinski definition) is 5. The molecule has 0 radical (unpaired) electrons. The van der Waals surface area contributed by atoms with Crippen molar-refractivity contribution in [2.24, 2.45) is 0 Å². The van der Waals surface area contributed by atoms with Crippen LogP contribution in [0.15, 0.2) is 22.8 Å². The summed E-state index contributed by atoms with van der Waals surface area (Å²) < 4.78 is 16.2. The van der Waals surface area contributed by atoms with Crippen molar-refractivity contribution in [1.82, 2.24) is 10.2 Å². The number of likely N-dealkylation sites (tertiary alicyclic amines) is 1. The minimum Gasteiger partial charge on any atom is -0.468 e. The molecule has 1 fully saturated rings. The number of ether oxygens (including phenoxy) is 2. The number of nitrogens with zero attached hydrogens (tertiary/aromatic N) is 1. The van der Waals surface area contributed by atoms with Crippen molar-refractivity contribution in [3.63, 3.8) is 0 Å². The molecule has 5 heteroatoms. The van der Waals surface area contributed by atoms with Crippen molar-refractivity contribution < 1.29 is 13.9 Å². The van der Waals surface area contributed by atoms with Gasteiger partial charge in [-0.1, -0.05) is 0 Å². The van der Waals surface area contributed by atoms with Gasteiger partial charge in [-0.3, -0.25) is 4.90 Å². The summed E-state index contributed by atoms with van der Waals surface area (Å²) in [6, 6.07) is 4.34. The molecular formula is C14H24N2O3. The lowest BCUT2D eigenvalue weighted by molar-refractivity contribution is -0.00461. The summed E-state index contributed by atoms with van der Waals surface area (Å²) in [4.78, 5) is 2.40. The van der Waals surface area contributed by atoms with Gasteiger partial charge in [0.1, 0.15) is 5.76 Å². The molecule has 3 atom stereocenters. The van der Waals surface area contributed by atoms with Gasteiger partial charge >= 0.3 is 0 Å². The number of hydrogen-bond donors (Lipinski definition) is 1. The van der Waals surface area contributed by atoms with Crippen molar-refractivity contribution in [2.75, 3.05) is 33.9 Å². The molecule has 19 heavy (non-hydrogen) atoms. The van der Waals surface area contributed by atoms with E-state index in [9.17, 15) is 0 Å². The zero-order chi connectivity index (χ0) is 13.7. The normalized spacial score (nSPS) is 25.8. The van der Waals surface area contributed by atoms with Gasteiger partial charge in [-0.15, -0.1) is 0 Å². The monoisotopic (exact) mass is 268 g/mol. The van der Waals surface area contributed by atoms with Crippen LogP contribution in [0.25, 0.3) is 0 Å². The quantitative estimate of drug-likeness (QED) is 0.802. The van der Waals surface area contributed by atoms with Crippen LogP contribution < -0.4 is 5.32 Å². The second kappa shape index (κ2) is 7.05. The van der Waals surface area contributed by atoms with Gasteiger partial charge in [-0.05, 0) is 19.1 Å². The Hall–Kier alpha value is -0.880. The zero-order valence-electron chi connectivity index (χ0n) is 12.0. The second-order valence-electron chi connectivity index (χ2n) is 5.06. The van der Waals surface area contributed by atoms with E-state index in [1.807, 2.05) is 12.1 Å². The summed E-state index contributed by atoms with van der Waals surface area (Å²) >= 11 is 0. The number of rotatable bonds is 7. The summed E-state index contributed by atoms with van der Waals surface area (Å²) in [5.41, 5.74) is 0. The zero-order valence-corrected chi connectivity index (χ0v) is 12.0. The van der Waals surface area contributed by atoms with Gasteiger partial charge in [0, 0.05) is 39.9 Å². The number of nitrogens with one attached hydrogen (secondary N) is 1. The van der Waals surface area contributed by atoms with E-state index in [0.29, 0.717) is 6.04 Å². The highest BCUT2D eigenvalue weighted by atomic mass is 16.5. The minimum atomic E-state index is 0.178. The fourth-order valence-electron chi connectivity index (χ4n) is 2.53. The molecule has 0 aliphatic carbocycles. The van der Waals surface area contributed by atoms with E-state index in [-0.39, 0.29) is 12.2 Å². The first-order chi connectivity index (χ1) is 9.24. The Labute approximate surface area is 114 Å². The predicted octanol–water partition coefficient (Wildman–Crippen LogP) is 1.10. The van der Waals surface area contributed by atoms with Gasteiger partial charge in [0.25, 0.3) is 0 Å². The third-order valence-electron chi connectivity index (χ3n) is 3.79. The van der Waals surface area contributed by atoms with Gasteiger partial charge < -0.3 is 19.2 Å². The highest BCUT2D eigenvalue weighted by Crippen LogP contribution is 2.17. The molecule has 0 saturated carbocycles. The maximum Gasteiger partial charge on any atom is 0.117 e. The fraction of sp³-hybridized carbons (Fsp3) is 0.714. The highest BCUT2D eigenvalue weighted by Gasteiger charge is 2.34. The first kappa shape index (κ1) is 14.5.